The molecule has 0 saturated heterocycles. The highest BCUT2D eigenvalue weighted by Gasteiger charge is 2.15. The Morgan fingerprint density at radius 1 is 1.05 bits per heavy atom. The van der Waals surface area contributed by atoms with Gasteiger partial charge in [-0.25, -0.2) is 4.79 Å². The van der Waals surface area contributed by atoms with Crippen molar-refractivity contribution in [1.29, 1.82) is 0 Å². The largest absolute Gasteiger partial charge is 0.496 e. The number of hydrogen-bond acceptors (Lipinski definition) is 4. The van der Waals surface area contributed by atoms with E-state index in [9.17, 15) is 9.59 Å². The van der Waals surface area contributed by atoms with Gasteiger partial charge in [-0.2, -0.15) is 0 Å². The van der Waals surface area contributed by atoms with E-state index in [1.54, 1.807) is 49.6 Å². The average Bonchev–Trinajstić information content (AvgIpc) is 2.52. The van der Waals surface area contributed by atoms with Gasteiger partial charge in [0.1, 0.15) is 5.75 Å². The second kappa shape index (κ2) is 7.56. The Morgan fingerprint density at radius 3 is 2.41 bits per heavy atom. The number of hydrogen-bond donors (Lipinski definition) is 0. The minimum absolute atomic E-state index is 0.288. The van der Waals surface area contributed by atoms with Crippen LogP contribution in [0.4, 0.5) is 0 Å². The zero-order valence-electron chi connectivity index (χ0n) is 11.6. The van der Waals surface area contributed by atoms with Crippen LogP contribution in [0.3, 0.4) is 0 Å². The fourth-order valence-electron chi connectivity index (χ4n) is 1.76. The molecule has 4 nitrogen and oxygen atoms in total. The zero-order chi connectivity index (χ0) is 16.1. The van der Waals surface area contributed by atoms with Crippen LogP contribution in [0.5, 0.6) is 5.75 Å². The molecule has 6 heteroatoms. The van der Waals surface area contributed by atoms with Crippen LogP contribution in [0, 0.1) is 0 Å². The van der Waals surface area contributed by atoms with E-state index in [-0.39, 0.29) is 12.4 Å². The number of carbonyl (C=O) groups is 2. The van der Waals surface area contributed by atoms with E-state index in [0.717, 1.165) is 0 Å². The van der Waals surface area contributed by atoms with Gasteiger partial charge in [0.15, 0.2) is 12.4 Å². The molecule has 0 amide bonds. The van der Waals surface area contributed by atoms with E-state index in [0.29, 0.717) is 25.8 Å². The first-order chi connectivity index (χ1) is 10.5. The van der Waals surface area contributed by atoms with E-state index < -0.39 is 5.97 Å². The van der Waals surface area contributed by atoms with Crippen LogP contribution < -0.4 is 4.74 Å². The maximum absolute atomic E-state index is 12.1. The number of methoxy groups -OCH3 is 1. The van der Waals surface area contributed by atoms with Crippen LogP contribution in [0.2, 0.25) is 0 Å². The quantitative estimate of drug-likeness (QED) is 0.528. The molecular formula is C16H12Br2O4. The van der Waals surface area contributed by atoms with Gasteiger partial charge in [0, 0.05) is 10.0 Å². The number of ether oxygens (including phenoxy) is 2. The van der Waals surface area contributed by atoms with Crippen LogP contribution in [0.1, 0.15) is 20.7 Å². The first-order valence-corrected chi connectivity index (χ1v) is 7.90. The highest BCUT2D eigenvalue weighted by Crippen LogP contribution is 2.25. The van der Waals surface area contributed by atoms with Gasteiger partial charge in [-0.3, -0.25) is 4.79 Å². The van der Waals surface area contributed by atoms with Crippen LogP contribution in [0.25, 0.3) is 0 Å². The summed E-state index contributed by atoms with van der Waals surface area (Å²) < 4.78 is 11.4. The fraction of sp³-hybridized carbons (Fsp3) is 0.125. The Balaban J connectivity index is 2.02. The topological polar surface area (TPSA) is 52.6 Å². The molecule has 0 aliphatic carbocycles. The van der Waals surface area contributed by atoms with Gasteiger partial charge in [0.05, 0.1) is 17.1 Å². The molecule has 2 aromatic rings. The summed E-state index contributed by atoms with van der Waals surface area (Å²) >= 11 is 6.58. The molecule has 0 bridgehead atoms. The Kier molecular flexibility index (Phi) is 5.74. The maximum Gasteiger partial charge on any atom is 0.339 e. The Bertz CT molecular complexity index is 713. The predicted octanol–water partition coefficient (Wildman–Crippen LogP) is 4.26. The molecule has 0 atom stereocenters. The number of ketones is 1. The molecule has 0 aliphatic heterocycles. The van der Waals surface area contributed by atoms with Crippen molar-refractivity contribution in [3.05, 3.63) is 62.5 Å². The van der Waals surface area contributed by atoms with Gasteiger partial charge in [0.2, 0.25) is 0 Å². The minimum atomic E-state index is -0.548. The smallest absolute Gasteiger partial charge is 0.339 e. The van der Waals surface area contributed by atoms with Crippen molar-refractivity contribution in [2.45, 2.75) is 0 Å². The van der Waals surface area contributed by atoms with Gasteiger partial charge < -0.3 is 9.47 Å². The maximum atomic E-state index is 12.1. The molecule has 0 aliphatic rings. The SMILES string of the molecule is COc1ccc(C(=O)COC(=O)c2ccccc2Br)cc1Br. The van der Waals surface area contributed by atoms with E-state index in [1.807, 2.05) is 0 Å². The van der Waals surface area contributed by atoms with Gasteiger partial charge in [-0.05, 0) is 62.2 Å². The number of rotatable bonds is 5. The molecule has 114 valence electrons. The van der Waals surface area contributed by atoms with E-state index in [4.69, 9.17) is 9.47 Å². The van der Waals surface area contributed by atoms with Crippen molar-refractivity contribution in [2.24, 2.45) is 0 Å². The number of Topliss-reactive ketones (excluding diaryl/α,β-unsaturated/α-hetero) is 1. The minimum Gasteiger partial charge on any atom is -0.496 e. The molecule has 0 radical (unpaired) electrons. The van der Waals surface area contributed by atoms with Crippen molar-refractivity contribution in [2.75, 3.05) is 13.7 Å². The lowest BCUT2D eigenvalue weighted by molar-refractivity contribution is 0.0474. The van der Waals surface area contributed by atoms with Crippen molar-refractivity contribution >= 4 is 43.6 Å². The van der Waals surface area contributed by atoms with Crippen LogP contribution >= 0.6 is 31.9 Å². The fourth-order valence-corrected chi connectivity index (χ4v) is 2.75. The molecule has 0 heterocycles. The van der Waals surface area contributed by atoms with Crippen LogP contribution in [-0.2, 0) is 4.74 Å². The first kappa shape index (κ1) is 16.7. The molecule has 0 fully saturated rings. The third-order valence-electron chi connectivity index (χ3n) is 2.90. The third-order valence-corrected chi connectivity index (χ3v) is 4.21. The molecule has 2 aromatic carbocycles. The number of carbonyl (C=O) groups excluding carboxylic acids is 2. The predicted molar refractivity (Wildman–Crippen MR) is 89.4 cm³/mol. The Labute approximate surface area is 144 Å². The summed E-state index contributed by atoms with van der Waals surface area (Å²) in [6.45, 7) is -0.320. The molecule has 0 spiro atoms. The Morgan fingerprint density at radius 2 is 1.77 bits per heavy atom. The van der Waals surface area contributed by atoms with Gasteiger partial charge in [-0.15, -0.1) is 0 Å². The van der Waals surface area contributed by atoms with E-state index >= 15 is 0 Å². The summed E-state index contributed by atoms with van der Waals surface area (Å²) in [5.74, 6) is -0.209. The number of halogens is 2. The number of benzene rings is 2. The van der Waals surface area contributed by atoms with E-state index in [2.05, 4.69) is 31.9 Å². The highest BCUT2D eigenvalue weighted by atomic mass is 79.9. The van der Waals surface area contributed by atoms with Gasteiger partial charge in [-0.1, -0.05) is 12.1 Å². The van der Waals surface area contributed by atoms with Gasteiger partial charge >= 0.3 is 5.97 Å². The van der Waals surface area contributed by atoms with Gasteiger partial charge in [0.25, 0.3) is 0 Å². The summed E-state index contributed by atoms with van der Waals surface area (Å²) in [6, 6.07) is 11.8. The standard InChI is InChI=1S/C16H12Br2O4/c1-21-15-7-6-10(8-13(15)18)14(19)9-22-16(20)11-4-2-3-5-12(11)17/h2-8H,9H2,1H3. The van der Waals surface area contributed by atoms with Crippen molar-refractivity contribution < 1.29 is 19.1 Å². The molecule has 0 aromatic heterocycles. The number of esters is 1. The molecule has 0 saturated carbocycles. The first-order valence-electron chi connectivity index (χ1n) is 6.31. The van der Waals surface area contributed by atoms with Crippen LogP contribution in [-0.4, -0.2) is 25.5 Å². The highest BCUT2D eigenvalue weighted by molar-refractivity contribution is 9.10. The molecule has 2 rings (SSSR count). The zero-order valence-corrected chi connectivity index (χ0v) is 14.8. The van der Waals surface area contributed by atoms with Crippen molar-refractivity contribution in [3.63, 3.8) is 0 Å². The summed E-state index contributed by atoms with van der Waals surface area (Å²) in [5, 5.41) is 0. The second-order valence-corrected chi connectivity index (χ2v) is 6.04. The molecule has 22 heavy (non-hydrogen) atoms. The lowest BCUT2D eigenvalue weighted by Gasteiger charge is -2.07. The molecular weight excluding hydrogens is 416 g/mol. The monoisotopic (exact) mass is 426 g/mol. The summed E-state index contributed by atoms with van der Waals surface area (Å²) in [6.07, 6.45) is 0. The van der Waals surface area contributed by atoms with E-state index in [1.165, 1.54) is 0 Å². The summed E-state index contributed by atoms with van der Waals surface area (Å²) in [7, 11) is 1.54. The molecule has 0 N–H and O–H groups in total. The van der Waals surface area contributed by atoms with Crippen molar-refractivity contribution in [3.8, 4) is 5.75 Å². The second-order valence-electron chi connectivity index (χ2n) is 4.33. The van der Waals surface area contributed by atoms with Crippen molar-refractivity contribution in [1.82, 2.24) is 0 Å². The summed E-state index contributed by atoms with van der Waals surface area (Å²) in [5.41, 5.74) is 0.818. The Hall–Kier alpha value is -1.66. The summed E-state index contributed by atoms with van der Waals surface area (Å²) in [4.78, 5) is 24.0. The van der Waals surface area contributed by atoms with Crippen LogP contribution in [0.15, 0.2) is 51.4 Å². The lowest BCUT2D eigenvalue weighted by Crippen LogP contribution is -2.14. The average molecular weight is 428 g/mol. The third kappa shape index (κ3) is 3.96. The lowest BCUT2D eigenvalue weighted by atomic mass is 10.1. The molecule has 0 unspecified atom stereocenters. The normalized spacial score (nSPS) is 10.1.